The Balaban J connectivity index is 2.90. The minimum absolute atomic E-state index is 0.00760. The molecule has 0 bridgehead atoms. The summed E-state index contributed by atoms with van der Waals surface area (Å²) in [6, 6.07) is 1.88. The molecule has 0 fully saturated rings. The van der Waals surface area contributed by atoms with Crippen LogP contribution in [-0.2, 0) is 9.47 Å². The van der Waals surface area contributed by atoms with Crippen molar-refractivity contribution in [1.82, 2.24) is 4.98 Å². The van der Waals surface area contributed by atoms with Gasteiger partial charge >= 0.3 is 0 Å². The monoisotopic (exact) mass is 266 g/mol. The van der Waals surface area contributed by atoms with Crippen LogP contribution in [0.15, 0.2) is 6.07 Å². The molecular weight excluding hydrogens is 244 g/mol. The molecule has 1 heterocycles. The van der Waals surface area contributed by atoms with Crippen LogP contribution < -0.4 is 11.1 Å². The number of aryl methyl sites for hydroxylation is 2. The highest BCUT2D eigenvalue weighted by Gasteiger charge is 2.13. The van der Waals surface area contributed by atoms with E-state index >= 15 is 0 Å². The van der Waals surface area contributed by atoms with E-state index in [0.29, 0.717) is 18.7 Å². The minimum atomic E-state index is -0.0569. The first kappa shape index (κ1) is 15.4. The summed E-state index contributed by atoms with van der Waals surface area (Å²) in [6.07, 6.45) is -0.0569. The molecule has 0 saturated heterocycles. The fraction of sp³-hybridized carbons (Fsp3) is 0.538. The molecular formula is C13H22N4O2. The van der Waals surface area contributed by atoms with Crippen LogP contribution in [0.25, 0.3) is 0 Å². The fourth-order valence-corrected chi connectivity index (χ4v) is 1.93. The molecule has 0 amide bonds. The molecule has 6 nitrogen and oxygen atoms in total. The number of hydrogen-bond acceptors (Lipinski definition) is 5. The first-order valence-electron chi connectivity index (χ1n) is 6.07. The van der Waals surface area contributed by atoms with Crippen molar-refractivity contribution in [3.8, 4) is 0 Å². The van der Waals surface area contributed by atoms with Gasteiger partial charge < -0.3 is 20.5 Å². The van der Waals surface area contributed by atoms with Gasteiger partial charge in [0.15, 0.2) is 0 Å². The molecule has 0 spiro atoms. The number of rotatable bonds is 7. The summed E-state index contributed by atoms with van der Waals surface area (Å²) >= 11 is 0. The first-order chi connectivity index (χ1) is 8.99. The number of anilines is 1. The zero-order valence-electron chi connectivity index (χ0n) is 11.9. The van der Waals surface area contributed by atoms with E-state index in [0.717, 1.165) is 17.1 Å². The number of nitrogens with two attached hydrogens (primary N) is 1. The molecule has 1 unspecified atom stereocenters. The Kier molecular flexibility index (Phi) is 5.72. The summed E-state index contributed by atoms with van der Waals surface area (Å²) < 4.78 is 10.3. The molecule has 6 heteroatoms. The average molecular weight is 266 g/mol. The summed E-state index contributed by atoms with van der Waals surface area (Å²) in [7, 11) is 3.27. The number of aromatic nitrogens is 1. The van der Waals surface area contributed by atoms with Crippen molar-refractivity contribution in [3.05, 3.63) is 23.0 Å². The summed E-state index contributed by atoms with van der Waals surface area (Å²) in [6.45, 7) is 4.83. The van der Waals surface area contributed by atoms with Crippen LogP contribution in [0.4, 0.5) is 5.69 Å². The topological polar surface area (TPSA) is 93.2 Å². The van der Waals surface area contributed by atoms with Crippen LogP contribution in [0.3, 0.4) is 0 Å². The van der Waals surface area contributed by atoms with Crippen molar-refractivity contribution in [2.24, 2.45) is 5.73 Å². The number of nitrogens with one attached hydrogen (secondary N) is 2. The number of pyridine rings is 1. The quantitative estimate of drug-likeness (QED) is 0.507. The standard InChI is InChI=1S/C13H22N4O2/c1-8-5-11(12(13(14)15)9(2)17-8)16-6-10(19-4)7-18-3/h5,10H,6-7H2,1-4H3,(H3,14,15)(H,16,17). The van der Waals surface area contributed by atoms with Gasteiger partial charge in [0.05, 0.1) is 24.0 Å². The van der Waals surface area contributed by atoms with Crippen LogP contribution in [0, 0.1) is 19.3 Å². The Morgan fingerprint density at radius 1 is 1.47 bits per heavy atom. The Morgan fingerprint density at radius 2 is 2.16 bits per heavy atom. The Bertz CT molecular complexity index is 449. The molecule has 0 aromatic carbocycles. The summed E-state index contributed by atoms with van der Waals surface area (Å²) in [4.78, 5) is 4.32. The molecule has 1 aromatic heterocycles. The summed E-state index contributed by atoms with van der Waals surface area (Å²) in [5, 5.41) is 10.9. The van der Waals surface area contributed by atoms with Crippen molar-refractivity contribution in [2.45, 2.75) is 20.0 Å². The maximum absolute atomic E-state index is 7.64. The highest BCUT2D eigenvalue weighted by Crippen LogP contribution is 2.19. The molecule has 1 rings (SSSR count). The Morgan fingerprint density at radius 3 is 2.68 bits per heavy atom. The number of nitrogen functional groups attached to an aromatic ring is 1. The lowest BCUT2D eigenvalue weighted by Crippen LogP contribution is -2.28. The van der Waals surface area contributed by atoms with Gasteiger partial charge in [0.2, 0.25) is 0 Å². The summed E-state index contributed by atoms with van der Waals surface area (Å²) in [5.41, 5.74) is 8.68. The van der Waals surface area contributed by atoms with Gasteiger partial charge in [-0.2, -0.15) is 0 Å². The predicted octanol–water partition coefficient (Wildman–Crippen LogP) is 1.06. The molecule has 0 aliphatic carbocycles. The normalized spacial score (nSPS) is 12.2. The van der Waals surface area contributed by atoms with Gasteiger partial charge in [-0.3, -0.25) is 10.4 Å². The van der Waals surface area contributed by atoms with Gasteiger partial charge in [0.25, 0.3) is 0 Å². The third-order valence-electron chi connectivity index (χ3n) is 2.80. The van der Waals surface area contributed by atoms with Crippen LogP contribution in [0.5, 0.6) is 0 Å². The van der Waals surface area contributed by atoms with Crippen molar-refractivity contribution >= 4 is 11.5 Å². The number of amidine groups is 1. The van der Waals surface area contributed by atoms with Crippen molar-refractivity contribution < 1.29 is 9.47 Å². The van der Waals surface area contributed by atoms with E-state index in [1.54, 1.807) is 14.2 Å². The fourth-order valence-electron chi connectivity index (χ4n) is 1.93. The van der Waals surface area contributed by atoms with Crippen LogP contribution >= 0.6 is 0 Å². The van der Waals surface area contributed by atoms with Gasteiger partial charge in [-0.15, -0.1) is 0 Å². The maximum atomic E-state index is 7.64. The molecule has 0 aliphatic heterocycles. The molecule has 1 aromatic rings. The number of hydrogen-bond donors (Lipinski definition) is 3. The second-order valence-corrected chi connectivity index (χ2v) is 4.38. The molecule has 106 valence electrons. The first-order valence-corrected chi connectivity index (χ1v) is 6.07. The predicted molar refractivity (Wildman–Crippen MR) is 75.9 cm³/mol. The van der Waals surface area contributed by atoms with E-state index < -0.39 is 0 Å². The average Bonchev–Trinajstić information content (AvgIpc) is 2.32. The van der Waals surface area contributed by atoms with Gasteiger partial charge in [0.1, 0.15) is 5.84 Å². The van der Waals surface area contributed by atoms with Crippen molar-refractivity contribution in [2.75, 3.05) is 32.7 Å². The Hall–Kier alpha value is -1.66. The van der Waals surface area contributed by atoms with E-state index in [4.69, 9.17) is 20.6 Å². The van der Waals surface area contributed by atoms with Gasteiger partial charge in [-0.25, -0.2) is 0 Å². The second kappa shape index (κ2) is 7.06. The molecule has 0 radical (unpaired) electrons. The molecule has 1 atom stereocenters. The molecule has 0 saturated carbocycles. The van der Waals surface area contributed by atoms with Gasteiger partial charge in [-0.05, 0) is 19.9 Å². The molecule has 0 aliphatic rings. The zero-order valence-corrected chi connectivity index (χ0v) is 11.9. The third kappa shape index (κ3) is 4.18. The maximum Gasteiger partial charge on any atom is 0.126 e. The van der Waals surface area contributed by atoms with Crippen molar-refractivity contribution in [3.63, 3.8) is 0 Å². The molecule has 4 N–H and O–H groups in total. The van der Waals surface area contributed by atoms with E-state index in [-0.39, 0.29) is 11.9 Å². The third-order valence-corrected chi connectivity index (χ3v) is 2.80. The van der Waals surface area contributed by atoms with Crippen molar-refractivity contribution in [1.29, 1.82) is 5.41 Å². The smallest absolute Gasteiger partial charge is 0.126 e. The van der Waals surface area contributed by atoms with Gasteiger partial charge in [-0.1, -0.05) is 0 Å². The Labute approximate surface area is 113 Å². The summed E-state index contributed by atoms with van der Waals surface area (Å²) in [5.74, 6) is 0.00760. The van der Waals surface area contributed by atoms with Crippen LogP contribution in [0.2, 0.25) is 0 Å². The lowest BCUT2D eigenvalue weighted by molar-refractivity contribution is 0.0365. The lowest BCUT2D eigenvalue weighted by atomic mass is 10.1. The molecule has 19 heavy (non-hydrogen) atoms. The van der Waals surface area contributed by atoms with E-state index in [9.17, 15) is 0 Å². The van der Waals surface area contributed by atoms with E-state index in [1.807, 2.05) is 19.9 Å². The minimum Gasteiger partial charge on any atom is -0.384 e. The largest absolute Gasteiger partial charge is 0.384 e. The lowest BCUT2D eigenvalue weighted by Gasteiger charge is -2.18. The van der Waals surface area contributed by atoms with E-state index in [1.165, 1.54) is 0 Å². The highest BCUT2D eigenvalue weighted by molar-refractivity contribution is 6.01. The second-order valence-electron chi connectivity index (χ2n) is 4.38. The number of methoxy groups -OCH3 is 2. The zero-order chi connectivity index (χ0) is 14.4. The SMILES string of the molecule is COCC(CNc1cc(C)nc(C)c1C(=N)N)OC. The number of ether oxygens (including phenoxy) is 2. The number of nitrogens with zero attached hydrogens (tertiary/aromatic N) is 1. The van der Waals surface area contributed by atoms with E-state index in [2.05, 4.69) is 10.3 Å². The van der Waals surface area contributed by atoms with Gasteiger partial charge in [0, 0.05) is 32.1 Å². The highest BCUT2D eigenvalue weighted by atomic mass is 16.5. The van der Waals surface area contributed by atoms with Crippen LogP contribution in [-0.4, -0.2) is 44.3 Å². The van der Waals surface area contributed by atoms with Crippen LogP contribution in [0.1, 0.15) is 17.0 Å².